The Morgan fingerprint density at radius 3 is 2.58 bits per heavy atom. The van der Waals surface area contributed by atoms with Crippen LogP contribution >= 0.6 is 11.8 Å². The third-order valence-corrected chi connectivity index (χ3v) is 4.52. The molecule has 0 saturated carbocycles. The van der Waals surface area contributed by atoms with Crippen LogP contribution < -0.4 is 5.32 Å². The van der Waals surface area contributed by atoms with Crippen LogP contribution in [0.5, 0.6) is 0 Å². The molecule has 3 aromatic rings. The van der Waals surface area contributed by atoms with Crippen molar-refractivity contribution in [3.8, 4) is 11.5 Å². The molecule has 8 heteroatoms. The van der Waals surface area contributed by atoms with Crippen molar-refractivity contribution in [2.24, 2.45) is 0 Å². The van der Waals surface area contributed by atoms with Gasteiger partial charge in [0, 0.05) is 11.3 Å². The number of benzene rings is 2. The zero-order chi connectivity index (χ0) is 18.7. The number of carbonyl (C=O) groups excluding carboxylic acids is 1. The van der Waals surface area contributed by atoms with Crippen LogP contribution in [0.4, 0.5) is 14.5 Å². The van der Waals surface area contributed by atoms with E-state index in [0.717, 1.165) is 11.8 Å². The molecule has 2 aromatic carbocycles. The predicted molar refractivity (Wildman–Crippen MR) is 94.8 cm³/mol. The zero-order valence-corrected chi connectivity index (χ0v) is 14.8. The number of rotatable bonds is 5. The van der Waals surface area contributed by atoms with Gasteiger partial charge in [-0.2, -0.15) is 0 Å². The van der Waals surface area contributed by atoms with Crippen LogP contribution in [0.25, 0.3) is 11.5 Å². The number of hydrogen-bond acceptors (Lipinski definition) is 5. The van der Waals surface area contributed by atoms with E-state index in [0.29, 0.717) is 16.8 Å². The minimum absolute atomic E-state index is 0.210. The summed E-state index contributed by atoms with van der Waals surface area (Å²) in [6, 6.07) is 10.1. The van der Waals surface area contributed by atoms with Crippen LogP contribution in [0.1, 0.15) is 12.5 Å². The molecule has 0 spiro atoms. The summed E-state index contributed by atoms with van der Waals surface area (Å²) in [5, 5.41) is 10.1. The molecule has 0 aliphatic heterocycles. The van der Waals surface area contributed by atoms with E-state index in [2.05, 4.69) is 15.5 Å². The molecular formula is C18H15F2N3O2S. The molecule has 1 atom stereocenters. The number of thioether (sulfide) groups is 1. The summed E-state index contributed by atoms with van der Waals surface area (Å²) >= 11 is 1.08. The molecule has 0 unspecified atom stereocenters. The fraction of sp³-hybridized carbons (Fsp3) is 0.167. The molecule has 1 aromatic heterocycles. The number of hydrogen-bond donors (Lipinski definition) is 1. The van der Waals surface area contributed by atoms with Crippen molar-refractivity contribution >= 4 is 23.4 Å². The Hall–Kier alpha value is -2.74. The first-order valence-electron chi connectivity index (χ1n) is 7.75. The molecular weight excluding hydrogens is 360 g/mol. The molecule has 134 valence electrons. The van der Waals surface area contributed by atoms with E-state index in [1.54, 1.807) is 26.0 Å². The Balaban J connectivity index is 1.64. The summed E-state index contributed by atoms with van der Waals surface area (Å²) in [5.41, 5.74) is 1.46. The molecule has 0 aliphatic rings. The number of nitrogens with zero attached hydrogens (tertiary/aromatic N) is 2. The average Bonchev–Trinajstić information content (AvgIpc) is 3.07. The van der Waals surface area contributed by atoms with Gasteiger partial charge >= 0.3 is 0 Å². The highest BCUT2D eigenvalue weighted by Gasteiger charge is 2.19. The van der Waals surface area contributed by atoms with Gasteiger partial charge in [-0.1, -0.05) is 17.8 Å². The number of halogens is 2. The summed E-state index contributed by atoms with van der Waals surface area (Å²) in [6.07, 6.45) is 0. The summed E-state index contributed by atoms with van der Waals surface area (Å²) in [6.45, 7) is 3.32. The van der Waals surface area contributed by atoms with E-state index in [4.69, 9.17) is 4.42 Å². The van der Waals surface area contributed by atoms with Crippen molar-refractivity contribution in [1.29, 1.82) is 0 Å². The van der Waals surface area contributed by atoms with E-state index >= 15 is 0 Å². The summed E-state index contributed by atoms with van der Waals surface area (Å²) in [4.78, 5) is 12.2. The standard InChI is InChI=1S/C18H15F2N3O2S/c1-10-3-8-14(9-15(10)20)21-16(24)11(2)26-18-23-22-17(25-18)12-4-6-13(19)7-5-12/h3-9,11H,1-2H3,(H,21,24)/t11-/m1/s1. The summed E-state index contributed by atoms with van der Waals surface area (Å²) in [5.74, 6) is -0.829. The second-order valence-electron chi connectivity index (χ2n) is 5.59. The number of amides is 1. The maximum Gasteiger partial charge on any atom is 0.277 e. The molecule has 0 aliphatic carbocycles. The summed E-state index contributed by atoms with van der Waals surface area (Å²) < 4.78 is 32.0. The predicted octanol–water partition coefficient (Wildman–Crippen LogP) is 4.44. The van der Waals surface area contributed by atoms with Gasteiger partial charge in [0.1, 0.15) is 11.6 Å². The first-order chi connectivity index (χ1) is 12.4. The van der Waals surface area contributed by atoms with E-state index < -0.39 is 5.25 Å². The van der Waals surface area contributed by atoms with Gasteiger partial charge < -0.3 is 9.73 Å². The Bertz CT molecular complexity index is 928. The average molecular weight is 375 g/mol. The molecule has 3 rings (SSSR count). The van der Waals surface area contributed by atoms with E-state index in [1.165, 1.54) is 30.3 Å². The molecule has 5 nitrogen and oxygen atoms in total. The fourth-order valence-corrected chi connectivity index (χ4v) is 2.77. The summed E-state index contributed by atoms with van der Waals surface area (Å²) in [7, 11) is 0. The molecule has 1 heterocycles. The van der Waals surface area contributed by atoms with Crippen molar-refractivity contribution in [1.82, 2.24) is 10.2 Å². The number of aryl methyl sites for hydroxylation is 1. The molecule has 1 N–H and O–H groups in total. The van der Waals surface area contributed by atoms with Gasteiger partial charge in [-0.15, -0.1) is 10.2 Å². The van der Waals surface area contributed by atoms with Gasteiger partial charge in [0.15, 0.2) is 0 Å². The Morgan fingerprint density at radius 2 is 1.88 bits per heavy atom. The quantitative estimate of drug-likeness (QED) is 0.668. The monoisotopic (exact) mass is 375 g/mol. The van der Waals surface area contributed by atoms with Crippen molar-refractivity contribution in [2.45, 2.75) is 24.3 Å². The van der Waals surface area contributed by atoms with Crippen LogP contribution in [-0.2, 0) is 4.79 Å². The second-order valence-corrected chi connectivity index (χ2v) is 6.89. The SMILES string of the molecule is Cc1ccc(NC(=O)[C@@H](C)Sc2nnc(-c3ccc(F)cc3)o2)cc1F. The Morgan fingerprint density at radius 1 is 1.15 bits per heavy atom. The highest BCUT2D eigenvalue weighted by atomic mass is 32.2. The lowest BCUT2D eigenvalue weighted by Crippen LogP contribution is -2.22. The van der Waals surface area contributed by atoms with Gasteiger partial charge in [-0.05, 0) is 55.8 Å². The lowest BCUT2D eigenvalue weighted by atomic mass is 10.2. The van der Waals surface area contributed by atoms with E-state index in [9.17, 15) is 13.6 Å². The first kappa shape index (κ1) is 18.1. The smallest absolute Gasteiger partial charge is 0.277 e. The minimum atomic E-state index is -0.541. The van der Waals surface area contributed by atoms with Crippen LogP contribution in [0.3, 0.4) is 0 Å². The third-order valence-electron chi connectivity index (χ3n) is 3.58. The van der Waals surface area contributed by atoms with Crippen molar-refractivity contribution in [3.63, 3.8) is 0 Å². The topological polar surface area (TPSA) is 68.0 Å². The van der Waals surface area contributed by atoms with Crippen LogP contribution in [0.2, 0.25) is 0 Å². The van der Waals surface area contributed by atoms with E-state index in [1.807, 2.05) is 0 Å². The minimum Gasteiger partial charge on any atom is -0.411 e. The molecule has 0 bridgehead atoms. The van der Waals surface area contributed by atoms with Gasteiger partial charge in [-0.3, -0.25) is 4.79 Å². The maximum atomic E-state index is 13.6. The normalized spacial score (nSPS) is 12.0. The van der Waals surface area contributed by atoms with Gasteiger partial charge in [0.05, 0.1) is 5.25 Å². The van der Waals surface area contributed by atoms with Crippen LogP contribution in [0, 0.1) is 18.6 Å². The largest absolute Gasteiger partial charge is 0.411 e. The Labute approximate surface area is 152 Å². The van der Waals surface area contributed by atoms with E-state index in [-0.39, 0.29) is 28.7 Å². The maximum absolute atomic E-state index is 13.6. The number of aromatic nitrogens is 2. The third kappa shape index (κ3) is 4.26. The fourth-order valence-electron chi connectivity index (χ4n) is 2.09. The molecule has 0 saturated heterocycles. The molecule has 0 fully saturated rings. The number of anilines is 1. The van der Waals surface area contributed by atoms with Crippen molar-refractivity contribution in [2.75, 3.05) is 5.32 Å². The number of nitrogens with one attached hydrogen (secondary N) is 1. The lowest BCUT2D eigenvalue weighted by Gasteiger charge is -2.10. The van der Waals surface area contributed by atoms with Crippen LogP contribution in [-0.4, -0.2) is 21.4 Å². The Kier molecular flexibility index (Phi) is 5.32. The molecule has 26 heavy (non-hydrogen) atoms. The number of carbonyl (C=O) groups is 1. The van der Waals surface area contributed by atoms with Crippen LogP contribution in [0.15, 0.2) is 52.1 Å². The zero-order valence-electron chi connectivity index (χ0n) is 14.0. The van der Waals surface area contributed by atoms with Gasteiger partial charge in [-0.25, -0.2) is 8.78 Å². The highest BCUT2D eigenvalue weighted by Crippen LogP contribution is 2.27. The lowest BCUT2D eigenvalue weighted by molar-refractivity contribution is -0.115. The molecule has 1 amide bonds. The first-order valence-corrected chi connectivity index (χ1v) is 8.63. The van der Waals surface area contributed by atoms with Gasteiger partial charge in [0.25, 0.3) is 5.22 Å². The van der Waals surface area contributed by atoms with Crippen molar-refractivity contribution < 1.29 is 18.0 Å². The highest BCUT2D eigenvalue weighted by molar-refractivity contribution is 8.00. The van der Waals surface area contributed by atoms with Crippen molar-refractivity contribution in [3.05, 3.63) is 59.7 Å². The second kappa shape index (κ2) is 7.65. The van der Waals surface area contributed by atoms with Gasteiger partial charge in [0.2, 0.25) is 11.8 Å². The molecule has 0 radical (unpaired) electrons.